The number of nitrogens with zero attached hydrogens (tertiary/aromatic N) is 4. The van der Waals surface area contributed by atoms with Gasteiger partial charge in [-0.25, -0.2) is 9.67 Å². The number of hydrogen-bond donors (Lipinski definition) is 1. The van der Waals surface area contributed by atoms with Gasteiger partial charge in [-0.3, -0.25) is 9.59 Å². The van der Waals surface area contributed by atoms with Crippen molar-refractivity contribution in [2.75, 3.05) is 26.2 Å². The van der Waals surface area contributed by atoms with Gasteiger partial charge in [0.15, 0.2) is 0 Å². The molecule has 8 heteroatoms. The Labute approximate surface area is 144 Å². The number of benzene rings is 1. The van der Waals surface area contributed by atoms with E-state index in [4.69, 9.17) is 4.74 Å². The minimum absolute atomic E-state index is 0.0270. The Bertz CT molecular complexity index is 769. The van der Waals surface area contributed by atoms with E-state index in [2.05, 4.69) is 15.4 Å². The molecule has 130 valence electrons. The molecular formula is C17H19N5O3. The maximum Gasteiger partial charge on any atom is 0.256 e. The second kappa shape index (κ2) is 6.29. The van der Waals surface area contributed by atoms with E-state index in [-0.39, 0.29) is 24.0 Å². The van der Waals surface area contributed by atoms with Crippen LogP contribution in [0.4, 0.5) is 0 Å². The molecule has 2 aromatic rings. The molecule has 2 aliphatic rings. The third-order valence-corrected chi connectivity index (χ3v) is 4.88. The fraction of sp³-hybridized carbons (Fsp3) is 0.412. The fourth-order valence-electron chi connectivity index (χ4n) is 3.38. The summed E-state index contributed by atoms with van der Waals surface area (Å²) in [5, 5.41) is 6.98. The average Bonchev–Trinajstić information content (AvgIpc) is 3.19. The van der Waals surface area contributed by atoms with Crippen LogP contribution in [0.5, 0.6) is 0 Å². The second-order valence-electron chi connectivity index (χ2n) is 6.40. The lowest BCUT2D eigenvalue weighted by Crippen LogP contribution is -2.58. The Balaban J connectivity index is 1.49. The molecule has 0 saturated carbocycles. The van der Waals surface area contributed by atoms with Crippen LogP contribution in [-0.2, 0) is 9.53 Å². The molecule has 0 aliphatic carbocycles. The lowest BCUT2D eigenvalue weighted by Gasteiger charge is -2.43. The van der Waals surface area contributed by atoms with Crippen LogP contribution in [0.3, 0.4) is 0 Å². The molecule has 0 atom stereocenters. The van der Waals surface area contributed by atoms with Gasteiger partial charge in [0.1, 0.15) is 19.3 Å². The average molecular weight is 341 g/mol. The highest BCUT2D eigenvalue weighted by Crippen LogP contribution is 2.29. The summed E-state index contributed by atoms with van der Waals surface area (Å²) in [6.07, 6.45) is 4.45. The quantitative estimate of drug-likeness (QED) is 0.853. The SMILES string of the molecule is O=C1COC2(CCN(C(=O)c3ccccc3-n3cncn3)CC2)CN1. The fourth-order valence-corrected chi connectivity index (χ4v) is 3.38. The Morgan fingerprint density at radius 3 is 2.72 bits per heavy atom. The van der Waals surface area contributed by atoms with Gasteiger partial charge in [0.25, 0.3) is 5.91 Å². The molecule has 1 aromatic carbocycles. The Hall–Kier alpha value is -2.74. The summed E-state index contributed by atoms with van der Waals surface area (Å²) >= 11 is 0. The molecule has 1 spiro atoms. The van der Waals surface area contributed by atoms with Crippen LogP contribution in [0, 0.1) is 0 Å². The summed E-state index contributed by atoms with van der Waals surface area (Å²) in [5.74, 6) is -0.105. The van der Waals surface area contributed by atoms with E-state index in [0.29, 0.717) is 43.7 Å². The lowest BCUT2D eigenvalue weighted by atomic mass is 9.89. The summed E-state index contributed by atoms with van der Waals surface area (Å²) < 4.78 is 7.36. The number of piperidine rings is 1. The number of likely N-dealkylation sites (tertiary alicyclic amines) is 1. The van der Waals surface area contributed by atoms with Crippen molar-refractivity contribution in [1.82, 2.24) is 25.0 Å². The van der Waals surface area contributed by atoms with Crippen molar-refractivity contribution in [3.63, 3.8) is 0 Å². The topological polar surface area (TPSA) is 89.4 Å². The molecule has 8 nitrogen and oxygen atoms in total. The van der Waals surface area contributed by atoms with Gasteiger partial charge < -0.3 is 15.0 Å². The van der Waals surface area contributed by atoms with E-state index in [1.165, 1.54) is 6.33 Å². The van der Waals surface area contributed by atoms with Gasteiger partial charge in [0, 0.05) is 19.6 Å². The monoisotopic (exact) mass is 341 g/mol. The Morgan fingerprint density at radius 1 is 1.24 bits per heavy atom. The third kappa shape index (κ3) is 3.00. The number of ether oxygens (including phenoxy) is 1. The molecule has 0 bridgehead atoms. The van der Waals surface area contributed by atoms with Crippen molar-refractivity contribution in [1.29, 1.82) is 0 Å². The van der Waals surface area contributed by atoms with Gasteiger partial charge in [-0.05, 0) is 25.0 Å². The third-order valence-electron chi connectivity index (χ3n) is 4.88. The summed E-state index contributed by atoms with van der Waals surface area (Å²) in [4.78, 5) is 30.1. The molecule has 2 amide bonds. The number of carbonyl (C=O) groups excluding carboxylic acids is 2. The number of para-hydroxylation sites is 1. The van der Waals surface area contributed by atoms with Crippen LogP contribution in [-0.4, -0.2) is 63.3 Å². The first-order valence-electron chi connectivity index (χ1n) is 8.31. The highest BCUT2D eigenvalue weighted by atomic mass is 16.5. The zero-order chi connectivity index (χ0) is 17.3. The highest BCUT2D eigenvalue weighted by molar-refractivity contribution is 5.97. The molecule has 1 aromatic heterocycles. The molecular weight excluding hydrogens is 322 g/mol. The summed E-state index contributed by atoms with van der Waals surface area (Å²) in [6, 6.07) is 7.38. The second-order valence-corrected chi connectivity index (χ2v) is 6.40. The zero-order valence-corrected chi connectivity index (χ0v) is 13.7. The van der Waals surface area contributed by atoms with Gasteiger partial charge in [-0.1, -0.05) is 12.1 Å². The van der Waals surface area contributed by atoms with Crippen LogP contribution in [0.15, 0.2) is 36.9 Å². The van der Waals surface area contributed by atoms with Crippen molar-refractivity contribution in [3.8, 4) is 5.69 Å². The molecule has 0 radical (unpaired) electrons. The van der Waals surface area contributed by atoms with Crippen LogP contribution in [0.2, 0.25) is 0 Å². The molecule has 1 N–H and O–H groups in total. The molecule has 2 fully saturated rings. The zero-order valence-electron chi connectivity index (χ0n) is 13.7. The van der Waals surface area contributed by atoms with E-state index < -0.39 is 0 Å². The van der Waals surface area contributed by atoms with E-state index >= 15 is 0 Å². The standard InChI is InChI=1S/C17H19N5O3/c23-15-9-25-17(10-19-15)5-7-21(8-6-17)16(24)13-3-1-2-4-14(13)22-12-18-11-20-22/h1-4,11-12H,5-10H2,(H,19,23). The van der Waals surface area contributed by atoms with Crippen LogP contribution in [0.1, 0.15) is 23.2 Å². The lowest BCUT2D eigenvalue weighted by molar-refractivity contribution is -0.149. The van der Waals surface area contributed by atoms with E-state index in [1.54, 1.807) is 17.1 Å². The number of aromatic nitrogens is 3. The first-order chi connectivity index (χ1) is 12.2. The van der Waals surface area contributed by atoms with Gasteiger partial charge in [-0.15, -0.1) is 0 Å². The van der Waals surface area contributed by atoms with Crippen molar-refractivity contribution in [3.05, 3.63) is 42.5 Å². The van der Waals surface area contributed by atoms with Crippen LogP contribution in [0.25, 0.3) is 5.69 Å². The maximum absolute atomic E-state index is 13.0. The minimum Gasteiger partial charge on any atom is -0.363 e. The molecule has 25 heavy (non-hydrogen) atoms. The smallest absolute Gasteiger partial charge is 0.256 e. The number of carbonyl (C=O) groups is 2. The summed E-state index contributed by atoms with van der Waals surface area (Å²) in [6.45, 7) is 1.81. The number of rotatable bonds is 2. The first-order valence-corrected chi connectivity index (χ1v) is 8.31. The van der Waals surface area contributed by atoms with Gasteiger partial charge in [0.2, 0.25) is 5.91 Å². The Kier molecular flexibility index (Phi) is 3.96. The number of amides is 2. The first kappa shape index (κ1) is 15.8. The number of nitrogens with one attached hydrogen (secondary N) is 1. The van der Waals surface area contributed by atoms with E-state index in [9.17, 15) is 9.59 Å². The molecule has 4 rings (SSSR count). The van der Waals surface area contributed by atoms with Crippen molar-refractivity contribution < 1.29 is 14.3 Å². The van der Waals surface area contributed by atoms with Crippen LogP contribution < -0.4 is 5.32 Å². The predicted molar refractivity (Wildman–Crippen MR) is 88.2 cm³/mol. The van der Waals surface area contributed by atoms with Gasteiger partial charge in [-0.2, -0.15) is 5.10 Å². The van der Waals surface area contributed by atoms with Crippen molar-refractivity contribution >= 4 is 11.8 Å². The van der Waals surface area contributed by atoms with Crippen LogP contribution >= 0.6 is 0 Å². The van der Waals surface area contributed by atoms with Gasteiger partial charge >= 0.3 is 0 Å². The van der Waals surface area contributed by atoms with Crippen molar-refractivity contribution in [2.24, 2.45) is 0 Å². The number of hydrogen-bond acceptors (Lipinski definition) is 5. The summed E-state index contributed by atoms with van der Waals surface area (Å²) in [5.41, 5.74) is 0.976. The molecule has 3 heterocycles. The van der Waals surface area contributed by atoms with Crippen molar-refractivity contribution in [2.45, 2.75) is 18.4 Å². The molecule has 0 unspecified atom stereocenters. The number of morpholine rings is 1. The molecule has 2 aliphatic heterocycles. The normalized spacial score (nSPS) is 19.7. The summed E-state index contributed by atoms with van der Waals surface area (Å²) in [7, 11) is 0. The maximum atomic E-state index is 13.0. The predicted octanol–water partition coefficient (Wildman–Crippen LogP) is 0.389. The molecule has 2 saturated heterocycles. The Morgan fingerprint density at radius 2 is 2.04 bits per heavy atom. The largest absolute Gasteiger partial charge is 0.363 e. The van der Waals surface area contributed by atoms with E-state index in [1.807, 2.05) is 23.1 Å². The van der Waals surface area contributed by atoms with Gasteiger partial charge in [0.05, 0.1) is 16.9 Å². The highest BCUT2D eigenvalue weighted by Gasteiger charge is 2.40. The minimum atomic E-state index is -0.337. The van der Waals surface area contributed by atoms with E-state index in [0.717, 1.165) is 0 Å².